The van der Waals surface area contributed by atoms with Crippen LogP contribution < -0.4 is 10.6 Å². The highest BCUT2D eigenvalue weighted by Crippen LogP contribution is 2.52. The lowest BCUT2D eigenvalue weighted by atomic mass is 9.79. The molecule has 12 heteroatoms. The Bertz CT molecular complexity index is 1230. The second-order valence-electron chi connectivity index (χ2n) is 9.99. The summed E-state index contributed by atoms with van der Waals surface area (Å²) in [6.07, 6.45) is -0.128. The maximum absolute atomic E-state index is 13.1. The molecule has 0 radical (unpaired) electrons. The van der Waals surface area contributed by atoms with Crippen molar-refractivity contribution in [1.29, 1.82) is 0 Å². The van der Waals surface area contributed by atoms with Crippen LogP contribution in [-0.4, -0.2) is 77.8 Å². The highest BCUT2D eigenvalue weighted by atomic mass is 32.2. The van der Waals surface area contributed by atoms with E-state index in [1.165, 1.54) is 23.6 Å². The minimum Gasteiger partial charge on any atom is -0.462 e. The minimum absolute atomic E-state index is 0.0402. The Hall–Kier alpha value is -3.38. The quantitative estimate of drug-likeness (QED) is 0.244. The van der Waals surface area contributed by atoms with Crippen molar-refractivity contribution in [2.75, 3.05) is 25.1 Å². The van der Waals surface area contributed by atoms with E-state index in [1.807, 2.05) is 6.92 Å². The van der Waals surface area contributed by atoms with Gasteiger partial charge in [-0.2, -0.15) is 0 Å². The Morgan fingerprint density at radius 1 is 1.15 bits per heavy atom. The van der Waals surface area contributed by atoms with E-state index in [0.29, 0.717) is 24.2 Å². The summed E-state index contributed by atoms with van der Waals surface area (Å²) in [5.41, 5.74) is 1.08. The van der Waals surface area contributed by atoms with E-state index in [1.54, 1.807) is 45.0 Å². The molecule has 3 aliphatic rings. The monoisotopic (exact) mass is 573 g/mol. The molecule has 4 rings (SSSR count). The zero-order valence-electron chi connectivity index (χ0n) is 23.2. The summed E-state index contributed by atoms with van der Waals surface area (Å²) in [5, 5.41) is 6.05. The summed E-state index contributed by atoms with van der Waals surface area (Å²) in [5.74, 6) is -2.72. The predicted octanol–water partition coefficient (Wildman–Crippen LogP) is 2.47. The summed E-state index contributed by atoms with van der Waals surface area (Å²) >= 11 is 1.48. The van der Waals surface area contributed by atoms with E-state index in [9.17, 15) is 24.0 Å². The molecule has 3 aliphatic heterocycles. The minimum atomic E-state index is -0.620. The SMILES string of the molecule is CCOC(=O)C1=C(S[C@@H]2CN[C@H](C(=O)Nc3cccc(C(=O)OCC)c3)C2)[C@H](C)[C@@H]2[C@@H]([C@@H](C)OC(C)=O)C(=O)N12. The Morgan fingerprint density at radius 2 is 1.85 bits per heavy atom. The lowest BCUT2D eigenvalue weighted by molar-refractivity contribution is -0.171. The smallest absolute Gasteiger partial charge is 0.355 e. The molecule has 2 amide bonds. The lowest BCUT2D eigenvalue weighted by Crippen LogP contribution is -2.64. The fourth-order valence-corrected chi connectivity index (χ4v) is 7.01. The molecule has 0 spiro atoms. The first kappa shape index (κ1) is 29.6. The molecule has 0 saturated carbocycles. The number of nitrogens with one attached hydrogen (secondary N) is 2. The molecule has 0 bridgehead atoms. The molecular weight excluding hydrogens is 538 g/mol. The van der Waals surface area contributed by atoms with Crippen molar-refractivity contribution in [3.63, 3.8) is 0 Å². The van der Waals surface area contributed by atoms with Gasteiger partial charge in [0.15, 0.2) is 0 Å². The van der Waals surface area contributed by atoms with E-state index in [0.717, 1.165) is 4.91 Å². The number of benzene rings is 1. The Morgan fingerprint density at radius 3 is 2.52 bits per heavy atom. The number of carbonyl (C=O) groups excluding carboxylic acids is 5. The summed E-state index contributed by atoms with van der Waals surface area (Å²) in [7, 11) is 0. The average Bonchev–Trinajstić information content (AvgIpc) is 3.46. The number of β-lactam (4-membered cyclic amide) rings is 1. The van der Waals surface area contributed by atoms with Gasteiger partial charge in [-0.25, -0.2) is 9.59 Å². The first-order valence-corrected chi connectivity index (χ1v) is 14.3. The van der Waals surface area contributed by atoms with Gasteiger partial charge >= 0.3 is 17.9 Å². The number of nitrogens with zero attached hydrogens (tertiary/aromatic N) is 1. The van der Waals surface area contributed by atoms with E-state index < -0.39 is 36.0 Å². The van der Waals surface area contributed by atoms with Crippen LogP contribution in [0.4, 0.5) is 5.69 Å². The Kier molecular flexibility index (Phi) is 9.19. The third kappa shape index (κ3) is 5.87. The average molecular weight is 574 g/mol. The highest BCUT2D eigenvalue weighted by Gasteiger charge is 2.61. The van der Waals surface area contributed by atoms with Gasteiger partial charge in [-0.3, -0.25) is 14.4 Å². The number of thioether (sulfide) groups is 1. The van der Waals surface area contributed by atoms with Crippen LogP contribution in [0.2, 0.25) is 0 Å². The largest absolute Gasteiger partial charge is 0.462 e. The van der Waals surface area contributed by atoms with Gasteiger partial charge in [0.05, 0.1) is 36.8 Å². The van der Waals surface area contributed by atoms with Gasteiger partial charge in [0.1, 0.15) is 11.8 Å². The van der Waals surface area contributed by atoms with Crippen molar-refractivity contribution in [3.05, 3.63) is 40.4 Å². The Balaban J connectivity index is 1.45. The van der Waals surface area contributed by atoms with Crippen LogP contribution >= 0.6 is 11.8 Å². The highest BCUT2D eigenvalue weighted by molar-refractivity contribution is 8.03. The summed E-state index contributed by atoms with van der Waals surface area (Å²) in [6, 6.07) is 5.77. The number of anilines is 1. The number of hydrogen-bond donors (Lipinski definition) is 2. The molecule has 1 aromatic rings. The maximum atomic E-state index is 13.1. The lowest BCUT2D eigenvalue weighted by Gasteiger charge is -2.47. The first-order chi connectivity index (χ1) is 19.1. The number of amides is 2. The number of fused-ring (bicyclic) bond motifs is 1. The van der Waals surface area contributed by atoms with Gasteiger partial charge in [0.25, 0.3) is 0 Å². The molecule has 2 fully saturated rings. The van der Waals surface area contributed by atoms with Crippen LogP contribution in [0.1, 0.15) is 51.4 Å². The number of ether oxygens (including phenoxy) is 3. The van der Waals surface area contributed by atoms with Gasteiger partial charge in [0.2, 0.25) is 11.8 Å². The zero-order valence-corrected chi connectivity index (χ0v) is 24.0. The van der Waals surface area contributed by atoms with Crippen molar-refractivity contribution in [3.8, 4) is 0 Å². The predicted molar refractivity (Wildman–Crippen MR) is 147 cm³/mol. The van der Waals surface area contributed by atoms with Gasteiger partial charge < -0.3 is 29.7 Å². The van der Waals surface area contributed by atoms with Gasteiger partial charge in [-0.15, -0.1) is 11.8 Å². The van der Waals surface area contributed by atoms with Crippen molar-refractivity contribution >= 4 is 47.2 Å². The third-order valence-corrected chi connectivity index (χ3v) is 8.77. The first-order valence-electron chi connectivity index (χ1n) is 13.5. The molecule has 6 atom stereocenters. The molecule has 11 nitrogen and oxygen atoms in total. The van der Waals surface area contributed by atoms with Crippen molar-refractivity contribution < 1.29 is 38.2 Å². The number of carbonyl (C=O) groups is 5. The van der Waals surface area contributed by atoms with Gasteiger partial charge in [-0.05, 0) is 45.4 Å². The fraction of sp³-hybridized carbons (Fsp3) is 0.536. The van der Waals surface area contributed by atoms with E-state index in [2.05, 4.69) is 10.6 Å². The van der Waals surface area contributed by atoms with Crippen LogP contribution in [-0.2, 0) is 33.4 Å². The molecule has 2 saturated heterocycles. The standard InChI is InChI=1S/C28H35N3O8S/c1-6-37-27(35)17-9-8-10-18(11-17)30-25(33)20-12-19(13-29-20)40-24-14(3)22-21(15(4)39-16(5)32)26(34)31(22)23(24)28(36)38-7-2/h8-11,14-15,19-22,29H,6-7,12-13H2,1-5H3,(H,30,33)/t14-,15-,19+,20+,21-,22-/m1/s1. The van der Waals surface area contributed by atoms with Crippen LogP contribution in [0.3, 0.4) is 0 Å². The molecule has 1 aromatic carbocycles. The third-order valence-electron chi connectivity index (χ3n) is 7.26. The molecule has 0 aromatic heterocycles. The zero-order chi connectivity index (χ0) is 29.1. The molecule has 0 unspecified atom stereocenters. The van der Waals surface area contributed by atoms with Gasteiger partial charge in [-0.1, -0.05) is 13.0 Å². The van der Waals surface area contributed by atoms with E-state index in [4.69, 9.17) is 14.2 Å². The molecule has 40 heavy (non-hydrogen) atoms. The number of rotatable bonds is 10. The molecule has 3 heterocycles. The van der Waals surface area contributed by atoms with Crippen LogP contribution in [0.5, 0.6) is 0 Å². The second-order valence-corrected chi connectivity index (χ2v) is 11.3. The molecular formula is C28H35N3O8S. The summed E-state index contributed by atoms with van der Waals surface area (Å²) in [6.45, 7) is 9.32. The number of esters is 3. The fourth-order valence-electron chi connectivity index (χ4n) is 5.53. The van der Waals surface area contributed by atoms with Crippen LogP contribution in [0, 0.1) is 11.8 Å². The molecule has 2 N–H and O–H groups in total. The van der Waals surface area contributed by atoms with Crippen molar-refractivity contribution in [2.45, 2.75) is 64.5 Å². The maximum Gasteiger partial charge on any atom is 0.355 e. The topological polar surface area (TPSA) is 140 Å². The van der Waals surface area contributed by atoms with Crippen molar-refractivity contribution in [2.24, 2.45) is 11.8 Å². The van der Waals surface area contributed by atoms with Gasteiger partial charge in [0, 0.05) is 35.2 Å². The molecule has 216 valence electrons. The van der Waals surface area contributed by atoms with Crippen molar-refractivity contribution in [1.82, 2.24) is 10.2 Å². The summed E-state index contributed by atoms with van der Waals surface area (Å²) < 4.78 is 15.6. The van der Waals surface area contributed by atoms with Crippen LogP contribution in [0.15, 0.2) is 34.9 Å². The van der Waals surface area contributed by atoms with E-state index in [-0.39, 0.29) is 47.9 Å². The molecule has 0 aliphatic carbocycles. The normalized spacial score (nSPS) is 26.1. The Labute approximate surface area is 237 Å². The number of hydrogen-bond acceptors (Lipinski definition) is 10. The second kappa shape index (κ2) is 12.4. The van der Waals surface area contributed by atoms with E-state index >= 15 is 0 Å². The summed E-state index contributed by atoms with van der Waals surface area (Å²) in [4.78, 5) is 64.9. The van der Waals surface area contributed by atoms with Crippen LogP contribution in [0.25, 0.3) is 0 Å².